The third kappa shape index (κ3) is 3.51. The van der Waals surface area contributed by atoms with Gasteiger partial charge >= 0.3 is 0 Å². The molecule has 0 saturated carbocycles. The number of carbonyl (C=O) groups excluding carboxylic acids is 1. The van der Waals surface area contributed by atoms with Crippen LogP contribution in [0.5, 0.6) is 0 Å². The molecule has 0 saturated heterocycles. The highest BCUT2D eigenvalue weighted by molar-refractivity contribution is 9.10. The first-order chi connectivity index (χ1) is 13.1. The van der Waals surface area contributed by atoms with Crippen LogP contribution in [0.2, 0.25) is 0 Å². The smallest absolute Gasteiger partial charge is 0.246 e. The Morgan fingerprint density at radius 1 is 1.00 bits per heavy atom. The van der Waals surface area contributed by atoms with Crippen LogP contribution in [-0.4, -0.2) is 22.5 Å². The maximum absolute atomic E-state index is 13.0. The molecule has 1 aromatic heterocycles. The molecule has 0 radical (unpaired) electrons. The fourth-order valence-electron chi connectivity index (χ4n) is 3.12. The summed E-state index contributed by atoms with van der Waals surface area (Å²) in [6, 6.07) is 25.5. The Bertz CT molecular complexity index is 1100. The number of benzene rings is 3. The molecule has 0 aliphatic heterocycles. The Morgan fingerprint density at radius 2 is 1.74 bits per heavy atom. The molecule has 4 aromatic rings. The van der Waals surface area contributed by atoms with Crippen molar-refractivity contribution in [1.29, 1.82) is 0 Å². The monoisotopic (exact) mass is 419 g/mol. The van der Waals surface area contributed by atoms with Gasteiger partial charge in [-0.15, -0.1) is 0 Å². The summed E-state index contributed by atoms with van der Waals surface area (Å²) in [6.45, 7) is 0.216. The number of nitrogens with zero attached hydrogens (tertiary/aromatic N) is 3. The summed E-state index contributed by atoms with van der Waals surface area (Å²) in [5, 5.41) is 0. The van der Waals surface area contributed by atoms with Crippen LogP contribution < -0.4 is 4.90 Å². The average Bonchev–Trinajstić information content (AvgIpc) is 3.06. The molecule has 0 fully saturated rings. The van der Waals surface area contributed by atoms with E-state index in [1.54, 1.807) is 11.9 Å². The summed E-state index contributed by atoms with van der Waals surface area (Å²) < 4.78 is 2.96. The molecule has 0 aliphatic rings. The second kappa shape index (κ2) is 7.37. The number of para-hydroxylation sites is 3. The standard InChI is InChI=1S/C22H18BrN3O/c1-25(18-10-3-2-4-11-18)21(27)15-26-20-13-6-5-12-19(20)24-22(26)16-8-7-9-17(23)14-16/h2-14H,15H2,1H3. The molecule has 1 heterocycles. The van der Waals surface area contributed by atoms with E-state index < -0.39 is 0 Å². The number of imidazole rings is 1. The van der Waals surface area contributed by atoms with Gasteiger partial charge in [-0.05, 0) is 36.4 Å². The van der Waals surface area contributed by atoms with Gasteiger partial charge in [0.05, 0.1) is 11.0 Å². The predicted molar refractivity (Wildman–Crippen MR) is 113 cm³/mol. The molecule has 0 atom stereocenters. The lowest BCUT2D eigenvalue weighted by Crippen LogP contribution is -2.30. The van der Waals surface area contributed by atoms with Crippen molar-refractivity contribution in [3.8, 4) is 11.4 Å². The van der Waals surface area contributed by atoms with E-state index >= 15 is 0 Å². The summed E-state index contributed by atoms with van der Waals surface area (Å²) >= 11 is 3.52. The molecule has 4 rings (SSSR count). The van der Waals surface area contributed by atoms with Crippen molar-refractivity contribution in [2.24, 2.45) is 0 Å². The molecule has 0 bridgehead atoms. The van der Waals surface area contributed by atoms with Crippen molar-refractivity contribution in [2.45, 2.75) is 6.54 Å². The fourth-order valence-corrected chi connectivity index (χ4v) is 3.52. The highest BCUT2D eigenvalue weighted by Crippen LogP contribution is 2.27. The van der Waals surface area contributed by atoms with Gasteiger partial charge in [-0.1, -0.05) is 58.4 Å². The molecular weight excluding hydrogens is 402 g/mol. The van der Waals surface area contributed by atoms with Gasteiger partial charge in [0.25, 0.3) is 0 Å². The van der Waals surface area contributed by atoms with E-state index in [-0.39, 0.29) is 12.5 Å². The van der Waals surface area contributed by atoms with E-state index in [0.29, 0.717) is 0 Å². The number of carbonyl (C=O) groups is 1. The maximum Gasteiger partial charge on any atom is 0.246 e. The maximum atomic E-state index is 13.0. The van der Waals surface area contributed by atoms with Crippen molar-refractivity contribution in [2.75, 3.05) is 11.9 Å². The molecule has 134 valence electrons. The molecule has 1 amide bonds. The molecule has 0 N–H and O–H groups in total. The van der Waals surface area contributed by atoms with Crippen LogP contribution in [0.1, 0.15) is 0 Å². The van der Waals surface area contributed by atoms with Crippen LogP contribution in [0.3, 0.4) is 0 Å². The van der Waals surface area contributed by atoms with Gasteiger partial charge in [-0.3, -0.25) is 4.79 Å². The Balaban J connectivity index is 1.76. The van der Waals surface area contributed by atoms with Crippen molar-refractivity contribution in [3.05, 3.63) is 83.3 Å². The Hall–Kier alpha value is -2.92. The van der Waals surface area contributed by atoms with Crippen molar-refractivity contribution in [1.82, 2.24) is 9.55 Å². The minimum Gasteiger partial charge on any atom is -0.314 e. The van der Waals surface area contributed by atoms with E-state index in [1.807, 2.05) is 83.4 Å². The van der Waals surface area contributed by atoms with Gasteiger partial charge in [0.1, 0.15) is 12.4 Å². The molecule has 4 nitrogen and oxygen atoms in total. The third-order valence-corrected chi connectivity index (χ3v) is 5.04. The van der Waals surface area contributed by atoms with E-state index in [0.717, 1.165) is 32.6 Å². The number of hydrogen-bond donors (Lipinski definition) is 0. The first kappa shape index (κ1) is 17.5. The Kier molecular flexibility index (Phi) is 4.77. The molecule has 0 spiro atoms. The zero-order chi connectivity index (χ0) is 18.8. The molecule has 5 heteroatoms. The topological polar surface area (TPSA) is 38.1 Å². The quantitative estimate of drug-likeness (QED) is 0.459. The van der Waals surface area contributed by atoms with Gasteiger partial charge < -0.3 is 9.47 Å². The molecule has 0 unspecified atom stereocenters. The van der Waals surface area contributed by atoms with Crippen molar-refractivity contribution in [3.63, 3.8) is 0 Å². The third-order valence-electron chi connectivity index (χ3n) is 4.55. The van der Waals surface area contributed by atoms with E-state index in [1.165, 1.54) is 0 Å². The first-order valence-corrected chi connectivity index (χ1v) is 9.45. The number of likely N-dealkylation sites (N-methyl/N-ethyl adjacent to an activating group) is 1. The second-order valence-corrected chi connectivity index (χ2v) is 7.22. The highest BCUT2D eigenvalue weighted by Gasteiger charge is 2.18. The van der Waals surface area contributed by atoms with Gasteiger partial charge in [0.2, 0.25) is 5.91 Å². The van der Waals surface area contributed by atoms with Crippen LogP contribution in [0.25, 0.3) is 22.4 Å². The lowest BCUT2D eigenvalue weighted by molar-refractivity contribution is -0.118. The predicted octanol–water partition coefficient (Wildman–Crippen LogP) is 5.13. The summed E-state index contributed by atoms with van der Waals surface area (Å²) in [6.07, 6.45) is 0. The number of amides is 1. The van der Waals surface area contributed by atoms with E-state index in [4.69, 9.17) is 4.98 Å². The van der Waals surface area contributed by atoms with Crippen LogP contribution in [0.4, 0.5) is 5.69 Å². The Morgan fingerprint density at radius 3 is 2.52 bits per heavy atom. The van der Waals surface area contributed by atoms with Gasteiger partial charge in [0, 0.05) is 22.8 Å². The van der Waals surface area contributed by atoms with Gasteiger partial charge in [-0.25, -0.2) is 4.98 Å². The highest BCUT2D eigenvalue weighted by atomic mass is 79.9. The lowest BCUT2D eigenvalue weighted by atomic mass is 10.2. The van der Waals surface area contributed by atoms with E-state index in [9.17, 15) is 4.79 Å². The summed E-state index contributed by atoms with van der Waals surface area (Å²) in [5.41, 5.74) is 3.66. The normalized spacial score (nSPS) is 10.9. The number of fused-ring (bicyclic) bond motifs is 1. The largest absolute Gasteiger partial charge is 0.314 e. The molecule has 27 heavy (non-hydrogen) atoms. The number of halogens is 1. The van der Waals surface area contributed by atoms with Crippen molar-refractivity contribution < 1.29 is 4.79 Å². The van der Waals surface area contributed by atoms with E-state index in [2.05, 4.69) is 15.9 Å². The Labute approximate surface area is 166 Å². The van der Waals surface area contributed by atoms with Crippen LogP contribution in [0.15, 0.2) is 83.3 Å². The zero-order valence-electron chi connectivity index (χ0n) is 14.8. The average molecular weight is 420 g/mol. The van der Waals surface area contributed by atoms with Gasteiger partial charge in [-0.2, -0.15) is 0 Å². The van der Waals surface area contributed by atoms with Crippen LogP contribution >= 0.6 is 15.9 Å². The fraction of sp³-hybridized carbons (Fsp3) is 0.0909. The lowest BCUT2D eigenvalue weighted by Gasteiger charge is -2.18. The molecule has 0 aliphatic carbocycles. The first-order valence-electron chi connectivity index (χ1n) is 8.66. The summed E-state index contributed by atoms with van der Waals surface area (Å²) in [7, 11) is 1.80. The second-order valence-electron chi connectivity index (χ2n) is 6.31. The van der Waals surface area contributed by atoms with Crippen molar-refractivity contribution >= 4 is 38.6 Å². The molecular formula is C22H18BrN3O. The zero-order valence-corrected chi connectivity index (χ0v) is 16.4. The summed E-state index contributed by atoms with van der Waals surface area (Å²) in [5.74, 6) is 0.785. The number of aromatic nitrogens is 2. The SMILES string of the molecule is CN(C(=O)Cn1c(-c2cccc(Br)c2)nc2ccccc21)c1ccccc1. The van der Waals surface area contributed by atoms with Crippen LogP contribution in [0, 0.1) is 0 Å². The minimum atomic E-state index is 0.000555. The number of hydrogen-bond acceptors (Lipinski definition) is 2. The summed E-state index contributed by atoms with van der Waals surface area (Å²) in [4.78, 5) is 19.4. The minimum absolute atomic E-state index is 0.000555. The number of rotatable bonds is 4. The van der Waals surface area contributed by atoms with Gasteiger partial charge in [0.15, 0.2) is 0 Å². The molecule has 3 aromatic carbocycles. The number of anilines is 1. The van der Waals surface area contributed by atoms with Crippen LogP contribution in [-0.2, 0) is 11.3 Å².